The summed E-state index contributed by atoms with van der Waals surface area (Å²) in [4.78, 5) is 20.6. The maximum Gasteiger partial charge on any atom is 0.409 e. The lowest BCUT2D eigenvalue weighted by atomic mass is 10.2. The van der Waals surface area contributed by atoms with E-state index in [1.165, 1.54) is 12.1 Å². The van der Waals surface area contributed by atoms with E-state index in [0.717, 1.165) is 0 Å². The molecule has 0 aliphatic heterocycles. The third-order valence-electron chi connectivity index (χ3n) is 1.78. The second-order valence-electron chi connectivity index (χ2n) is 2.93. The fraction of sp³-hybridized carbons (Fsp3) is 0.111. The van der Waals surface area contributed by atoms with Crippen molar-refractivity contribution in [2.75, 3.05) is 11.9 Å². The number of carbonyl (C=O) groups is 1. The molecule has 0 aliphatic rings. The normalized spacial score (nSPS) is 9.33. The first-order chi connectivity index (χ1) is 8.45. The van der Waals surface area contributed by atoms with Crippen LogP contribution in [0.25, 0.3) is 0 Å². The van der Waals surface area contributed by atoms with Crippen molar-refractivity contribution in [1.82, 2.24) is 0 Å². The molecule has 0 aromatic heterocycles. The molecule has 0 atom stereocenters. The van der Waals surface area contributed by atoms with Crippen LogP contribution in [0.1, 0.15) is 0 Å². The summed E-state index contributed by atoms with van der Waals surface area (Å²) in [7, 11) is 0. The van der Waals surface area contributed by atoms with Gasteiger partial charge in [0.2, 0.25) is 0 Å². The molecule has 1 rings (SSSR count). The first kappa shape index (κ1) is 14.0. The number of anilines is 1. The lowest BCUT2D eigenvalue weighted by Gasteiger charge is -2.08. The van der Waals surface area contributed by atoms with Gasteiger partial charge in [-0.1, -0.05) is 0 Å². The topological polar surface area (TPSA) is 125 Å². The van der Waals surface area contributed by atoms with E-state index in [0.29, 0.717) is 3.57 Å². The Bertz CT molecular complexity index is 540. The molecular weight excluding hydrogens is 357 g/mol. The van der Waals surface area contributed by atoms with E-state index in [-0.39, 0.29) is 23.7 Å². The fourth-order valence-corrected chi connectivity index (χ4v) is 1.74. The van der Waals surface area contributed by atoms with Gasteiger partial charge in [0.25, 0.3) is 5.69 Å². The number of hydrogen-bond acceptors (Lipinski definition) is 5. The number of halogens is 1. The summed E-state index contributed by atoms with van der Waals surface area (Å²) in [6, 6.07) is 4.08. The van der Waals surface area contributed by atoms with Crippen molar-refractivity contribution in [1.29, 1.82) is 5.26 Å². The van der Waals surface area contributed by atoms with Gasteiger partial charge in [0.05, 0.1) is 8.49 Å². The highest BCUT2D eigenvalue weighted by molar-refractivity contribution is 14.1. The predicted octanol–water partition coefficient (Wildman–Crippen LogP) is 2.19. The van der Waals surface area contributed by atoms with Crippen molar-refractivity contribution in [3.8, 4) is 11.8 Å². The van der Waals surface area contributed by atoms with Crippen molar-refractivity contribution in [3.05, 3.63) is 25.8 Å². The summed E-state index contributed by atoms with van der Waals surface area (Å²) in [5.74, 6) is 0.200. The Morgan fingerprint density at radius 3 is 2.83 bits per heavy atom. The summed E-state index contributed by atoms with van der Waals surface area (Å²) in [6.45, 7) is -0.236. The van der Waals surface area contributed by atoms with Crippen molar-refractivity contribution >= 4 is 40.1 Å². The molecule has 1 aromatic rings. The highest BCUT2D eigenvalue weighted by Gasteiger charge is 2.19. The molecule has 1 amide bonds. The van der Waals surface area contributed by atoms with E-state index in [2.05, 4.69) is 0 Å². The zero-order valence-electron chi connectivity index (χ0n) is 8.71. The van der Waals surface area contributed by atoms with Crippen LogP contribution in [0.2, 0.25) is 0 Å². The zero-order chi connectivity index (χ0) is 13.7. The molecule has 0 radical (unpaired) electrons. The smallest absolute Gasteiger partial charge is 0.409 e. The number of carboxylic acid groups (broad SMARTS) is 1. The Morgan fingerprint density at radius 2 is 2.33 bits per heavy atom. The third kappa shape index (κ3) is 3.45. The largest absolute Gasteiger partial charge is 0.478 e. The monoisotopic (exact) mass is 363 g/mol. The highest BCUT2D eigenvalue weighted by Crippen LogP contribution is 2.33. The van der Waals surface area contributed by atoms with Crippen molar-refractivity contribution in [2.24, 2.45) is 0 Å². The molecule has 0 bridgehead atoms. The van der Waals surface area contributed by atoms with Gasteiger partial charge in [-0.3, -0.25) is 15.4 Å². The van der Waals surface area contributed by atoms with Crippen molar-refractivity contribution < 1.29 is 19.6 Å². The van der Waals surface area contributed by atoms with Crippen LogP contribution in [0.5, 0.6) is 5.75 Å². The zero-order valence-corrected chi connectivity index (χ0v) is 10.9. The van der Waals surface area contributed by atoms with Gasteiger partial charge >= 0.3 is 6.09 Å². The van der Waals surface area contributed by atoms with E-state index >= 15 is 0 Å². The van der Waals surface area contributed by atoms with E-state index < -0.39 is 11.0 Å². The van der Waals surface area contributed by atoms with E-state index in [4.69, 9.17) is 15.1 Å². The number of nitrogens with zero attached hydrogens (tertiary/aromatic N) is 2. The van der Waals surface area contributed by atoms with Crippen LogP contribution in [0.4, 0.5) is 16.2 Å². The summed E-state index contributed by atoms with van der Waals surface area (Å²) >= 11 is 1.80. The van der Waals surface area contributed by atoms with Gasteiger partial charge in [-0.2, -0.15) is 5.26 Å². The number of nitriles is 1. The standard InChI is InChI=1S/C9H6IN3O5/c10-5-3-7(13(16)17)6(12-9(14)15)4-8(5)18-2-1-11/h3-4,12H,2H2,(H,14,15). The Hall–Kier alpha value is -2.09. The Labute approximate surface area is 114 Å². The third-order valence-corrected chi connectivity index (χ3v) is 2.62. The van der Waals surface area contributed by atoms with Gasteiger partial charge < -0.3 is 9.84 Å². The summed E-state index contributed by atoms with van der Waals surface area (Å²) in [5, 5.41) is 29.6. The number of benzene rings is 1. The van der Waals surface area contributed by atoms with Gasteiger partial charge in [-0.15, -0.1) is 0 Å². The minimum absolute atomic E-state index is 0.200. The minimum Gasteiger partial charge on any atom is -0.478 e. The summed E-state index contributed by atoms with van der Waals surface area (Å²) in [5.41, 5.74) is -0.591. The van der Waals surface area contributed by atoms with E-state index in [1.807, 2.05) is 5.32 Å². The number of amides is 1. The minimum atomic E-state index is -1.43. The summed E-state index contributed by atoms with van der Waals surface area (Å²) in [6.07, 6.45) is -1.43. The van der Waals surface area contributed by atoms with Gasteiger partial charge in [-0.05, 0) is 22.6 Å². The second kappa shape index (κ2) is 6.01. The second-order valence-corrected chi connectivity index (χ2v) is 4.10. The van der Waals surface area contributed by atoms with Crippen molar-refractivity contribution in [2.45, 2.75) is 0 Å². The van der Waals surface area contributed by atoms with E-state index in [9.17, 15) is 14.9 Å². The Balaban J connectivity index is 3.22. The maximum atomic E-state index is 10.8. The molecule has 8 nitrogen and oxygen atoms in total. The van der Waals surface area contributed by atoms with Crippen molar-refractivity contribution in [3.63, 3.8) is 0 Å². The first-order valence-electron chi connectivity index (χ1n) is 4.43. The lowest BCUT2D eigenvalue weighted by molar-refractivity contribution is -0.384. The maximum absolute atomic E-state index is 10.8. The molecule has 2 N–H and O–H groups in total. The van der Waals surface area contributed by atoms with Gasteiger partial charge in [-0.25, -0.2) is 4.79 Å². The molecule has 18 heavy (non-hydrogen) atoms. The number of nitro groups is 1. The van der Waals surface area contributed by atoms with Crippen LogP contribution in [-0.4, -0.2) is 22.7 Å². The van der Waals surface area contributed by atoms with Crippen LogP contribution >= 0.6 is 22.6 Å². The van der Waals surface area contributed by atoms with Crippen LogP contribution in [0.3, 0.4) is 0 Å². The number of ether oxygens (including phenoxy) is 1. The highest BCUT2D eigenvalue weighted by atomic mass is 127. The molecule has 1 aromatic carbocycles. The first-order valence-corrected chi connectivity index (χ1v) is 5.51. The van der Waals surface area contributed by atoms with Crippen LogP contribution < -0.4 is 10.1 Å². The van der Waals surface area contributed by atoms with Gasteiger partial charge in [0.1, 0.15) is 17.5 Å². The number of nitro benzene ring substituents is 1. The fourth-order valence-electron chi connectivity index (χ4n) is 1.13. The predicted molar refractivity (Wildman–Crippen MR) is 68.6 cm³/mol. The molecule has 0 heterocycles. The van der Waals surface area contributed by atoms with Crippen LogP contribution in [0.15, 0.2) is 12.1 Å². The molecule has 0 saturated carbocycles. The molecule has 0 saturated heterocycles. The van der Waals surface area contributed by atoms with Gasteiger partial charge in [0, 0.05) is 12.1 Å². The Kier molecular flexibility index (Phi) is 4.67. The van der Waals surface area contributed by atoms with Gasteiger partial charge in [0.15, 0.2) is 6.61 Å². The number of nitrogens with one attached hydrogen (secondary N) is 1. The van der Waals surface area contributed by atoms with E-state index in [1.54, 1.807) is 28.7 Å². The molecule has 0 spiro atoms. The molecule has 0 fully saturated rings. The van der Waals surface area contributed by atoms with Crippen LogP contribution in [-0.2, 0) is 0 Å². The SMILES string of the molecule is N#CCOc1cc(NC(=O)O)c([N+](=O)[O-])cc1I. The molecule has 9 heteroatoms. The Morgan fingerprint density at radius 1 is 1.67 bits per heavy atom. The summed E-state index contributed by atoms with van der Waals surface area (Å²) < 4.78 is 5.43. The quantitative estimate of drug-likeness (QED) is 0.480. The molecule has 0 aliphatic carbocycles. The average molecular weight is 363 g/mol. The average Bonchev–Trinajstić information content (AvgIpc) is 2.28. The number of rotatable bonds is 4. The molecule has 0 unspecified atom stereocenters. The molecular formula is C9H6IN3O5. The number of hydrogen-bond donors (Lipinski definition) is 2. The molecule has 94 valence electrons. The lowest BCUT2D eigenvalue weighted by Crippen LogP contribution is -2.10. The van der Waals surface area contributed by atoms with Crippen LogP contribution in [0, 0.1) is 25.0 Å².